The third-order valence-corrected chi connectivity index (χ3v) is 8.05. The molecule has 5 rings (SSSR count). The van der Waals surface area contributed by atoms with Crippen LogP contribution in [0.3, 0.4) is 0 Å². The van der Waals surface area contributed by atoms with Crippen molar-refractivity contribution in [3.05, 3.63) is 95.6 Å². The molecule has 1 saturated carbocycles. The zero-order valence-corrected chi connectivity index (χ0v) is 26.0. The minimum Gasteiger partial charge on any atom is -0.491 e. The fourth-order valence-electron chi connectivity index (χ4n) is 5.31. The van der Waals surface area contributed by atoms with Gasteiger partial charge in [-0.3, -0.25) is 14.5 Å². The van der Waals surface area contributed by atoms with Crippen LogP contribution in [-0.2, 0) is 27.3 Å². The summed E-state index contributed by atoms with van der Waals surface area (Å²) in [4.78, 5) is 26.5. The quantitative estimate of drug-likeness (QED) is 0.189. The fraction of sp³-hybridized carbons (Fsp3) is 0.417. The zero-order valence-electron chi connectivity index (χ0n) is 26.0. The number of hydrogen-bond donors (Lipinski definition) is 3. The third kappa shape index (κ3) is 10.8. The molecular formula is C36H44N4O5. The maximum Gasteiger partial charge on any atom is 0.240 e. The summed E-state index contributed by atoms with van der Waals surface area (Å²) in [6, 6.07) is 25.5. The van der Waals surface area contributed by atoms with Crippen LogP contribution in [0.1, 0.15) is 49.3 Å². The van der Waals surface area contributed by atoms with Gasteiger partial charge in [-0.25, -0.2) is 5.43 Å². The van der Waals surface area contributed by atoms with Crippen LogP contribution in [-0.4, -0.2) is 66.5 Å². The Balaban J connectivity index is 1.08. The summed E-state index contributed by atoms with van der Waals surface area (Å²) in [5.41, 5.74) is 7.28. The third-order valence-electron chi connectivity index (χ3n) is 8.05. The molecule has 3 aromatic rings. The average molecular weight is 613 g/mol. The molecule has 9 nitrogen and oxygen atoms in total. The standard InChI is InChI=1S/C36H44N4O5/c1-26-21-35(43)38-39-36(26)30-11-13-31(14-12-30)37-34(42)17-19-40(22-28-5-3-2-4-6-28)23-32(41)25-45-33-15-9-27(10-16-33)18-20-44-24-29-7-8-29/h2-6,9-16,26,29,32,41H,7-8,17-25H2,1H3,(H,37,42)(H,38,43). The minimum atomic E-state index is -0.727. The highest BCUT2D eigenvalue weighted by atomic mass is 16.5. The first-order valence-electron chi connectivity index (χ1n) is 15.9. The van der Waals surface area contributed by atoms with Crippen molar-refractivity contribution in [1.29, 1.82) is 0 Å². The Morgan fingerprint density at radius 2 is 1.80 bits per heavy atom. The number of anilines is 1. The van der Waals surface area contributed by atoms with Crippen molar-refractivity contribution in [3.8, 4) is 5.75 Å². The van der Waals surface area contributed by atoms with Gasteiger partial charge in [-0.15, -0.1) is 0 Å². The molecule has 0 aromatic heterocycles. The van der Waals surface area contributed by atoms with Crippen LogP contribution < -0.4 is 15.5 Å². The predicted octanol–water partition coefficient (Wildman–Crippen LogP) is 4.79. The van der Waals surface area contributed by atoms with Crippen LogP contribution in [0, 0.1) is 11.8 Å². The molecule has 3 N–H and O–H groups in total. The van der Waals surface area contributed by atoms with E-state index in [9.17, 15) is 14.7 Å². The average Bonchev–Trinajstić information content (AvgIpc) is 3.87. The summed E-state index contributed by atoms with van der Waals surface area (Å²) in [5, 5.41) is 18.0. The molecule has 238 valence electrons. The van der Waals surface area contributed by atoms with E-state index >= 15 is 0 Å². The summed E-state index contributed by atoms with van der Waals surface area (Å²) in [5.74, 6) is 1.33. The second-order valence-electron chi connectivity index (χ2n) is 12.1. The monoisotopic (exact) mass is 612 g/mol. The number of amides is 2. The summed E-state index contributed by atoms with van der Waals surface area (Å²) < 4.78 is 11.6. The van der Waals surface area contributed by atoms with Gasteiger partial charge >= 0.3 is 0 Å². The highest BCUT2D eigenvalue weighted by molar-refractivity contribution is 6.06. The molecule has 45 heavy (non-hydrogen) atoms. The lowest BCUT2D eigenvalue weighted by atomic mass is 9.94. The van der Waals surface area contributed by atoms with Gasteiger partial charge in [0, 0.05) is 50.7 Å². The number of nitrogens with one attached hydrogen (secondary N) is 2. The van der Waals surface area contributed by atoms with Gasteiger partial charge in [0.15, 0.2) is 0 Å². The summed E-state index contributed by atoms with van der Waals surface area (Å²) in [7, 11) is 0. The summed E-state index contributed by atoms with van der Waals surface area (Å²) in [6.07, 6.45) is 3.42. The van der Waals surface area contributed by atoms with E-state index in [0.717, 1.165) is 42.4 Å². The summed E-state index contributed by atoms with van der Waals surface area (Å²) in [6.45, 7) is 5.18. The zero-order chi connectivity index (χ0) is 31.4. The number of benzene rings is 3. The van der Waals surface area contributed by atoms with Crippen LogP contribution in [0.2, 0.25) is 0 Å². The van der Waals surface area contributed by atoms with Gasteiger partial charge in [-0.2, -0.15) is 5.10 Å². The molecule has 2 aliphatic rings. The Morgan fingerprint density at radius 1 is 1.04 bits per heavy atom. The van der Waals surface area contributed by atoms with Crippen molar-refractivity contribution in [2.75, 3.05) is 38.2 Å². The molecule has 2 unspecified atom stereocenters. The number of aliphatic hydroxyl groups excluding tert-OH is 1. The lowest BCUT2D eigenvalue weighted by Crippen LogP contribution is -2.37. The summed E-state index contributed by atoms with van der Waals surface area (Å²) >= 11 is 0. The van der Waals surface area contributed by atoms with E-state index < -0.39 is 6.10 Å². The Bertz CT molecular complexity index is 1410. The normalized spacial score (nSPS) is 17.0. The number of hydrogen-bond acceptors (Lipinski definition) is 7. The minimum absolute atomic E-state index is 0.0302. The van der Waals surface area contributed by atoms with E-state index in [-0.39, 0.29) is 30.8 Å². The predicted molar refractivity (Wildman–Crippen MR) is 175 cm³/mol. The lowest BCUT2D eigenvalue weighted by molar-refractivity contribution is -0.122. The topological polar surface area (TPSA) is 112 Å². The van der Waals surface area contributed by atoms with E-state index in [4.69, 9.17) is 9.47 Å². The van der Waals surface area contributed by atoms with Gasteiger partial charge in [0.1, 0.15) is 18.5 Å². The van der Waals surface area contributed by atoms with Gasteiger partial charge in [-0.05, 0) is 66.1 Å². The molecule has 1 aliphatic carbocycles. The molecule has 1 aliphatic heterocycles. The van der Waals surface area contributed by atoms with E-state index in [1.165, 1.54) is 18.4 Å². The molecule has 0 saturated heterocycles. The maximum absolute atomic E-state index is 12.9. The van der Waals surface area contributed by atoms with Crippen LogP contribution in [0.5, 0.6) is 5.75 Å². The van der Waals surface area contributed by atoms with Gasteiger partial charge in [-0.1, -0.05) is 61.5 Å². The van der Waals surface area contributed by atoms with Gasteiger partial charge in [0.2, 0.25) is 11.8 Å². The highest BCUT2D eigenvalue weighted by Crippen LogP contribution is 2.28. The highest BCUT2D eigenvalue weighted by Gasteiger charge is 2.22. The van der Waals surface area contributed by atoms with E-state index in [1.807, 2.05) is 85.8 Å². The van der Waals surface area contributed by atoms with Gasteiger partial charge in [0.25, 0.3) is 0 Å². The number of aliphatic hydroxyl groups is 1. The molecule has 3 aromatic carbocycles. The molecule has 1 heterocycles. The number of ether oxygens (including phenoxy) is 2. The first kappa shape index (κ1) is 32.3. The number of rotatable bonds is 17. The van der Waals surface area contributed by atoms with E-state index in [0.29, 0.717) is 37.5 Å². The first-order valence-corrected chi connectivity index (χ1v) is 15.9. The van der Waals surface area contributed by atoms with Crippen LogP contribution in [0.15, 0.2) is 84.0 Å². The molecular weight excluding hydrogens is 568 g/mol. The Hall–Kier alpha value is -4.05. The molecule has 0 radical (unpaired) electrons. The largest absolute Gasteiger partial charge is 0.491 e. The molecule has 2 amide bonds. The Labute approximate surface area is 265 Å². The molecule has 2 atom stereocenters. The molecule has 9 heteroatoms. The second-order valence-corrected chi connectivity index (χ2v) is 12.1. The van der Waals surface area contributed by atoms with Crippen LogP contribution in [0.4, 0.5) is 5.69 Å². The first-order chi connectivity index (χ1) is 21.9. The Kier molecular flexibility index (Phi) is 11.7. The van der Waals surface area contributed by atoms with E-state index in [2.05, 4.69) is 20.7 Å². The number of carbonyl (C=O) groups excluding carboxylic acids is 2. The smallest absolute Gasteiger partial charge is 0.240 e. The second kappa shape index (κ2) is 16.3. The number of nitrogens with zero attached hydrogens (tertiary/aromatic N) is 2. The van der Waals surface area contributed by atoms with Crippen LogP contribution in [0.25, 0.3) is 0 Å². The van der Waals surface area contributed by atoms with Crippen molar-refractivity contribution in [3.63, 3.8) is 0 Å². The van der Waals surface area contributed by atoms with Crippen molar-refractivity contribution < 1.29 is 24.2 Å². The lowest BCUT2D eigenvalue weighted by Gasteiger charge is -2.25. The van der Waals surface area contributed by atoms with E-state index in [1.54, 1.807) is 0 Å². The van der Waals surface area contributed by atoms with Crippen molar-refractivity contribution in [2.24, 2.45) is 16.9 Å². The number of hydrazone groups is 1. The molecule has 0 spiro atoms. The SMILES string of the molecule is CC1CC(=O)NN=C1c1ccc(NC(=O)CCN(Cc2ccccc2)CC(O)COc2ccc(CCOCC3CC3)cc2)cc1. The van der Waals surface area contributed by atoms with Crippen LogP contribution >= 0.6 is 0 Å². The van der Waals surface area contributed by atoms with Crippen molar-refractivity contribution in [2.45, 2.75) is 51.7 Å². The fourth-order valence-corrected chi connectivity index (χ4v) is 5.31. The van der Waals surface area contributed by atoms with Crippen molar-refractivity contribution in [1.82, 2.24) is 10.3 Å². The number of carbonyl (C=O) groups is 2. The molecule has 0 bridgehead atoms. The maximum atomic E-state index is 12.9. The van der Waals surface area contributed by atoms with Gasteiger partial charge in [0.05, 0.1) is 12.3 Å². The molecule has 1 fully saturated rings. The van der Waals surface area contributed by atoms with Gasteiger partial charge < -0.3 is 19.9 Å². The van der Waals surface area contributed by atoms with Crippen molar-refractivity contribution >= 4 is 23.2 Å². The Morgan fingerprint density at radius 3 is 2.51 bits per heavy atom.